The number of amides is 1. The Bertz CT molecular complexity index is 834. The van der Waals surface area contributed by atoms with Crippen LogP contribution in [0, 0.1) is 6.92 Å². The van der Waals surface area contributed by atoms with E-state index in [4.69, 9.17) is 0 Å². The summed E-state index contributed by atoms with van der Waals surface area (Å²) in [6, 6.07) is 4.97. The second-order valence-electron chi connectivity index (χ2n) is 7.96. The summed E-state index contributed by atoms with van der Waals surface area (Å²) in [5.74, 6) is -0.363. The summed E-state index contributed by atoms with van der Waals surface area (Å²) in [6.45, 7) is 7.34. The number of rotatable bonds is 2. The van der Waals surface area contributed by atoms with Gasteiger partial charge in [0.05, 0.1) is 12.2 Å². The molecule has 1 aliphatic heterocycles. The van der Waals surface area contributed by atoms with Crippen LogP contribution >= 0.6 is 0 Å². The molecule has 3 rings (SSSR count). The van der Waals surface area contributed by atoms with Gasteiger partial charge in [0.1, 0.15) is 11.4 Å². The van der Waals surface area contributed by atoms with Crippen LogP contribution < -0.4 is 10.6 Å². The van der Waals surface area contributed by atoms with Crippen molar-refractivity contribution in [2.75, 3.05) is 5.32 Å². The first-order valence-corrected chi connectivity index (χ1v) is 8.75. The highest BCUT2D eigenvalue weighted by atomic mass is 19.4. The molecule has 2 heterocycles. The number of aromatic nitrogens is 2. The number of aryl methyl sites for hydroxylation is 1. The third-order valence-electron chi connectivity index (χ3n) is 4.45. The summed E-state index contributed by atoms with van der Waals surface area (Å²) >= 11 is 0. The molecule has 2 N–H and O–H groups in total. The zero-order valence-corrected chi connectivity index (χ0v) is 15.7. The van der Waals surface area contributed by atoms with Crippen LogP contribution in [0.25, 0.3) is 0 Å². The first kappa shape index (κ1) is 19.3. The highest BCUT2D eigenvalue weighted by Crippen LogP contribution is 2.44. The molecule has 0 saturated carbocycles. The second kappa shape index (κ2) is 6.58. The Morgan fingerprint density at radius 2 is 1.85 bits per heavy atom. The van der Waals surface area contributed by atoms with Crippen LogP contribution in [-0.2, 0) is 0 Å². The van der Waals surface area contributed by atoms with Crippen molar-refractivity contribution in [3.63, 3.8) is 0 Å². The van der Waals surface area contributed by atoms with Crippen LogP contribution in [0.2, 0.25) is 0 Å². The van der Waals surface area contributed by atoms with Crippen molar-refractivity contribution in [1.29, 1.82) is 0 Å². The summed E-state index contributed by atoms with van der Waals surface area (Å²) in [5, 5.41) is 9.73. The van der Waals surface area contributed by atoms with Gasteiger partial charge >= 0.3 is 6.18 Å². The number of hydrogen-bond acceptors (Lipinski definition) is 3. The molecule has 146 valence electrons. The Balaban J connectivity index is 2.01. The standard InChI is InChI=1S/C19H23F3N4O/c1-11-5-7-12(8-6-11)14-9-15(19(20,21)22)26-16(24-14)13(10-23-26)17(27)25-18(2,3)4/h5-8,10,14-15,24H,9H2,1-4H3,(H,25,27)/t14-,15-/m1/s1. The van der Waals surface area contributed by atoms with Gasteiger partial charge in [-0.1, -0.05) is 29.8 Å². The summed E-state index contributed by atoms with van der Waals surface area (Å²) in [7, 11) is 0. The number of nitrogens with zero attached hydrogens (tertiary/aromatic N) is 2. The molecule has 1 aromatic carbocycles. The normalized spacial score (nSPS) is 20.0. The largest absolute Gasteiger partial charge is 0.410 e. The molecule has 0 radical (unpaired) electrons. The summed E-state index contributed by atoms with van der Waals surface area (Å²) in [5.41, 5.74) is 1.36. The molecule has 1 amide bonds. The van der Waals surface area contributed by atoms with E-state index in [0.29, 0.717) is 0 Å². The highest BCUT2D eigenvalue weighted by Gasteiger charge is 2.47. The Labute approximate surface area is 155 Å². The lowest BCUT2D eigenvalue weighted by Gasteiger charge is -2.34. The van der Waals surface area contributed by atoms with E-state index in [0.717, 1.165) is 15.8 Å². The Hall–Kier alpha value is -2.51. The van der Waals surface area contributed by atoms with Crippen LogP contribution in [0.5, 0.6) is 0 Å². The second-order valence-corrected chi connectivity index (χ2v) is 7.96. The van der Waals surface area contributed by atoms with Crippen molar-refractivity contribution in [1.82, 2.24) is 15.1 Å². The van der Waals surface area contributed by atoms with Gasteiger partial charge in [-0.2, -0.15) is 18.3 Å². The molecule has 0 saturated heterocycles. The van der Waals surface area contributed by atoms with Crippen LogP contribution in [0.3, 0.4) is 0 Å². The predicted molar refractivity (Wildman–Crippen MR) is 96.7 cm³/mol. The van der Waals surface area contributed by atoms with E-state index in [9.17, 15) is 18.0 Å². The third-order valence-corrected chi connectivity index (χ3v) is 4.45. The quantitative estimate of drug-likeness (QED) is 0.813. The molecular formula is C19H23F3N4O. The molecule has 0 fully saturated rings. The number of carbonyl (C=O) groups is 1. The van der Waals surface area contributed by atoms with Gasteiger partial charge in [0.25, 0.3) is 5.91 Å². The number of halogens is 3. The lowest BCUT2D eigenvalue weighted by molar-refractivity contribution is -0.173. The number of carbonyl (C=O) groups excluding carboxylic acids is 1. The lowest BCUT2D eigenvalue weighted by atomic mass is 9.96. The smallest absolute Gasteiger partial charge is 0.363 e. The van der Waals surface area contributed by atoms with E-state index in [1.165, 1.54) is 6.20 Å². The molecule has 0 bridgehead atoms. The molecular weight excluding hydrogens is 357 g/mol. The predicted octanol–water partition coefficient (Wildman–Crippen LogP) is 4.38. The molecule has 27 heavy (non-hydrogen) atoms. The number of fused-ring (bicyclic) bond motifs is 1. The molecule has 2 atom stereocenters. The fraction of sp³-hybridized carbons (Fsp3) is 0.474. The number of nitrogens with one attached hydrogen (secondary N) is 2. The maximum atomic E-state index is 13.7. The third kappa shape index (κ3) is 4.09. The monoisotopic (exact) mass is 380 g/mol. The SMILES string of the molecule is Cc1ccc([C@H]2C[C@H](C(F)(F)F)n3ncc(C(=O)NC(C)(C)C)c3N2)cc1. The van der Waals surface area contributed by atoms with Gasteiger partial charge in [0.2, 0.25) is 0 Å². The van der Waals surface area contributed by atoms with Crippen molar-refractivity contribution < 1.29 is 18.0 Å². The highest BCUT2D eigenvalue weighted by molar-refractivity contribution is 5.99. The maximum Gasteiger partial charge on any atom is 0.410 e. The molecule has 1 aromatic heterocycles. The molecule has 1 aliphatic rings. The van der Waals surface area contributed by atoms with E-state index >= 15 is 0 Å². The zero-order valence-electron chi connectivity index (χ0n) is 15.7. The minimum atomic E-state index is -4.47. The molecule has 0 aliphatic carbocycles. The average Bonchev–Trinajstić information content (AvgIpc) is 2.96. The topological polar surface area (TPSA) is 59.0 Å². The van der Waals surface area contributed by atoms with Crippen LogP contribution in [0.15, 0.2) is 30.5 Å². The lowest BCUT2D eigenvalue weighted by Crippen LogP contribution is -2.41. The minimum Gasteiger partial charge on any atom is -0.363 e. The zero-order chi connectivity index (χ0) is 20.0. The van der Waals surface area contributed by atoms with Crippen molar-refractivity contribution in [2.24, 2.45) is 0 Å². The Morgan fingerprint density at radius 3 is 2.41 bits per heavy atom. The van der Waals surface area contributed by atoms with Gasteiger partial charge in [0, 0.05) is 12.0 Å². The van der Waals surface area contributed by atoms with Gasteiger partial charge in [-0.25, -0.2) is 4.68 Å². The van der Waals surface area contributed by atoms with E-state index in [1.54, 1.807) is 12.1 Å². The van der Waals surface area contributed by atoms with Crippen molar-refractivity contribution in [3.8, 4) is 0 Å². The average molecular weight is 380 g/mol. The van der Waals surface area contributed by atoms with Crippen LogP contribution in [0.4, 0.5) is 19.0 Å². The van der Waals surface area contributed by atoms with Crippen LogP contribution in [0.1, 0.15) is 60.8 Å². The maximum absolute atomic E-state index is 13.7. The van der Waals surface area contributed by atoms with E-state index in [-0.39, 0.29) is 17.8 Å². The molecule has 2 aromatic rings. The van der Waals surface area contributed by atoms with Gasteiger partial charge in [0.15, 0.2) is 6.04 Å². The van der Waals surface area contributed by atoms with E-state index in [2.05, 4.69) is 15.7 Å². The van der Waals surface area contributed by atoms with Crippen molar-refractivity contribution in [2.45, 2.75) is 57.9 Å². The molecule has 8 heteroatoms. The first-order valence-electron chi connectivity index (χ1n) is 8.75. The fourth-order valence-electron chi connectivity index (χ4n) is 3.15. The minimum absolute atomic E-state index is 0.0934. The van der Waals surface area contributed by atoms with Crippen LogP contribution in [-0.4, -0.2) is 27.4 Å². The number of benzene rings is 1. The van der Waals surface area contributed by atoms with Crippen molar-refractivity contribution >= 4 is 11.7 Å². The van der Waals surface area contributed by atoms with E-state index in [1.807, 2.05) is 39.8 Å². The molecule has 0 unspecified atom stereocenters. The van der Waals surface area contributed by atoms with Crippen molar-refractivity contribution in [3.05, 3.63) is 47.2 Å². The Kier molecular flexibility index (Phi) is 4.69. The fourth-order valence-corrected chi connectivity index (χ4v) is 3.15. The van der Waals surface area contributed by atoms with Gasteiger partial charge < -0.3 is 10.6 Å². The van der Waals surface area contributed by atoms with Gasteiger partial charge in [-0.3, -0.25) is 4.79 Å². The molecule has 5 nitrogen and oxygen atoms in total. The number of hydrogen-bond donors (Lipinski definition) is 2. The first-order chi connectivity index (χ1) is 12.5. The molecule has 0 spiro atoms. The summed E-state index contributed by atoms with van der Waals surface area (Å²) in [6.07, 6.45) is -3.47. The summed E-state index contributed by atoms with van der Waals surface area (Å²) in [4.78, 5) is 12.6. The van der Waals surface area contributed by atoms with Gasteiger partial charge in [-0.05, 0) is 33.3 Å². The Morgan fingerprint density at radius 1 is 1.22 bits per heavy atom. The number of anilines is 1. The number of alkyl halides is 3. The van der Waals surface area contributed by atoms with Gasteiger partial charge in [-0.15, -0.1) is 0 Å². The van der Waals surface area contributed by atoms with E-state index < -0.39 is 29.7 Å². The summed E-state index contributed by atoms with van der Waals surface area (Å²) < 4.78 is 41.9.